The summed E-state index contributed by atoms with van der Waals surface area (Å²) in [6.07, 6.45) is 2.97. The number of hydrogen-bond acceptors (Lipinski definition) is 4. The Morgan fingerprint density at radius 3 is 2.46 bits per heavy atom. The number of aromatic nitrogens is 1. The number of hydrogen-bond donors (Lipinski definition) is 2. The molecule has 1 aromatic heterocycles. The standard InChI is InChI=1S/C16H18BrN3O3S/c1-16(2,3)20-24(22,23)14-7-5-4-6-13(14)19-15(21)11-8-12(17)10-18-9-11/h4-10,20H,1-3H3,(H,19,21). The van der Waals surface area contributed by atoms with Crippen molar-refractivity contribution in [3.8, 4) is 0 Å². The minimum absolute atomic E-state index is 0.0104. The fourth-order valence-electron chi connectivity index (χ4n) is 1.99. The molecule has 0 aliphatic heterocycles. The second-order valence-corrected chi connectivity index (χ2v) is 8.76. The highest BCUT2D eigenvalue weighted by Crippen LogP contribution is 2.23. The van der Waals surface area contributed by atoms with E-state index in [0.29, 0.717) is 10.0 Å². The van der Waals surface area contributed by atoms with Crippen molar-refractivity contribution in [2.75, 3.05) is 5.32 Å². The molecule has 1 aromatic carbocycles. The van der Waals surface area contributed by atoms with Crippen LogP contribution in [0.3, 0.4) is 0 Å². The van der Waals surface area contributed by atoms with Gasteiger partial charge in [0.25, 0.3) is 5.91 Å². The van der Waals surface area contributed by atoms with Crippen LogP contribution in [0.25, 0.3) is 0 Å². The van der Waals surface area contributed by atoms with Gasteiger partial charge in [-0.05, 0) is 54.9 Å². The number of nitrogens with zero attached hydrogens (tertiary/aromatic N) is 1. The van der Waals surface area contributed by atoms with E-state index in [2.05, 4.69) is 31.0 Å². The Hall–Kier alpha value is -1.77. The van der Waals surface area contributed by atoms with Crippen LogP contribution in [0, 0.1) is 0 Å². The maximum Gasteiger partial charge on any atom is 0.257 e. The maximum absolute atomic E-state index is 12.6. The zero-order valence-corrected chi connectivity index (χ0v) is 15.9. The number of carbonyl (C=O) groups is 1. The van der Waals surface area contributed by atoms with Gasteiger partial charge in [-0.15, -0.1) is 0 Å². The molecule has 8 heteroatoms. The lowest BCUT2D eigenvalue weighted by Crippen LogP contribution is -2.40. The van der Waals surface area contributed by atoms with Crippen molar-refractivity contribution in [2.45, 2.75) is 31.2 Å². The molecule has 0 aliphatic rings. The van der Waals surface area contributed by atoms with Gasteiger partial charge in [0, 0.05) is 22.4 Å². The molecule has 2 N–H and O–H groups in total. The van der Waals surface area contributed by atoms with Gasteiger partial charge < -0.3 is 5.32 Å². The number of para-hydroxylation sites is 1. The molecule has 1 amide bonds. The van der Waals surface area contributed by atoms with E-state index in [1.165, 1.54) is 12.3 Å². The van der Waals surface area contributed by atoms with E-state index >= 15 is 0 Å². The van der Waals surface area contributed by atoms with E-state index in [9.17, 15) is 13.2 Å². The van der Waals surface area contributed by atoms with Crippen LogP contribution in [0.2, 0.25) is 0 Å². The molecule has 0 unspecified atom stereocenters. The molecule has 0 spiro atoms. The smallest absolute Gasteiger partial charge is 0.257 e. The molecule has 1 heterocycles. The Morgan fingerprint density at radius 2 is 1.83 bits per heavy atom. The summed E-state index contributed by atoms with van der Waals surface area (Å²) in [6, 6.07) is 7.86. The van der Waals surface area contributed by atoms with Gasteiger partial charge >= 0.3 is 0 Å². The van der Waals surface area contributed by atoms with Crippen molar-refractivity contribution >= 4 is 37.5 Å². The average molecular weight is 412 g/mol. The third-order valence-corrected chi connectivity index (χ3v) is 5.08. The summed E-state index contributed by atoms with van der Waals surface area (Å²) in [5.74, 6) is -0.442. The third kappa shape index (κ3) is 4.86. The van der Waals surface area contributed by atoms with Gasteiger partial charge in [0.1, 0.15) is 4.90 Å². The third-order valence-electron chi connectivity index (χ3n) is 2.83. The Labute approximate surface area is 149 Å². The van der Waals surface area contributed by atoms with Gasteiger partial charge in [-0.1, -0.05) is 12.1 Å². The van der Waals surface area contributed by atoms with Gasteiger partial charge in [0.2, 0.25) is 10.0 Å². The van der Waals surface area contributed by atoms with Crippen molar-refractivity contribution in [3.05, 3.63) is 52.8 Å². The number of benzene rings is 1. The number of sulfonamides is 1. The molecule has 2 rings (SSSR count). The highest BCUT2D eigenvalue weighted by Gasteiger charge is 2.25. The quantitative estimate of drug-likeness (QED) is 0.808. The van der Waals surface area contributed by atoms with Crippen LogP contribution in [0.4, 0.5) is 5.69 Å². The van der Waals surface area contributed by atoms with Crippen LogP contribution in [-0.4, -0.2) is 24.8 Å². The van der Waals surface area contributed by atoms with E-state index in [0.717, 1.165) is 0 Å². The molecular formula is C16H18BrN3O3S. The minimum Gasteiger partial charge on any atom is -0.321 e. The van der Waals surface area contributed by atoms with E-state index < -0.39 is 21.5 Å². The summed E-state index contributed by atoms with van der Waals surface area (Å²) in [6.45, 7) is 5.25. The predicted molar refractivity (Wildman–Crippen MR) is 96.4 cm³/mol. The Balaban J connectivity index is 2.34. The molecule has 0 atom stereocenters. The molecule has 0 fully saturated rings. The SMILES string of the molecule is CC(C)(C)NS(=O)(=O)c1ccccc1NC(=O)c1cncc(Br)c1. The lowest BCUT2D eigenvalue weighted by Gasteiger charge is -2.21. The van der Waals surface area contributed by atoms with Crippen LogP contribution in [-0.2, 0) is 10.0 Å². The molecule has 2 aromatic rings. The molecule has 0 aliphatic carbocycles. The second-order valence-electron chi connectivity index (χ2n) is 6.20. The molecule has 128 valence electrons. The van der Waals surface area contributed by atoms with Crippen molar-refractivity contribution in [2.24, 2.45) is 0 Å². The number of halogens is 1. The number of nitrogens with one attached hydrogen (secondary N) is 2. The Bertz CT molecular complexity index is 861. The first kappa shape index (κ1) is 18.6. The monoisotopic (exact) mass is 411 g/mol. The normalized spacial score (nSPS) is 12.0. The molecule has 6 nitrogen and oxygen atoms in total. The highest BCUT2D eigenvalue weighted by atomic mass is 79.9. The van der Waals surface area contributed by atoms with Crippen molar-refractivity contribution in [1.29, 1.82) is 0 Å². The van der Waals surface area contributed by atoms with Crippen molar-refractivity contribution in [1.82, 2.24) is 9.71 Å². The molecule has 0 saturated carbocycles. The average Bonchev–Trinajstić information content (AvgIpc) is 2.45. The summed E-state index contributed by atoms with van der Waals surface area (Å²) in [7, 11) is -3.77. The fraction of sp³-hybridized carbons (Fsp3) is 0.250. The van der Waals surface area contributed by atoms with Crippen LogP contribution in [0.15, 0.2) is 52.1 Å². The topological polar surface area (TPSA) is 88.2 Å². The highest BCUT2D eigenvalue weighted by molar-refractivity contribution is 9.10. The van der Waals surface area contributed by atoms with E-state index in [4.69, 9.17) is 0 Å². The van der Waals surface area contributed by atoms with E-state index in [1.807, 2.05) is 0 Å². The number of amides is 1. The second kappa shape index (κ2) is 7.00. The summed E-state index contributed by atoms with van der Waals surface area (Å²) in [4.78, 5) is 16.3. The zero-order valence-electron chi connectivity index (χ0n) is 13.5. The molecule has 0 saturated heterocycles. The fourth-order valence-corrected chi connectivity index (χ4v) is 3.94. The van der Waals surface area contributed by atoms with Crippen LogP contribution < -0.4 is 10.0 Å². The van der Waals surface area contributed by atoms with Gasteiger partial charge in [0.05, 0.1) is 11.3 Å². The number of carbonyl (C=O) groups excluding carboxylic acids is 1. The first-order valence-electron chi connectivity index (χ1n) is 7.13. The number of pyridine rings is 1. The Kier molecular flexibility index (Phi) is 5.42. The van der Waals surface area contributed by atoms with Gasteiger partial charge in [-0.25, -0.2) is 13.1 Å². The summed E-state index contributed by atoms with van der Waals surface area (Å²) < 4.78 is 28.4. The van der Waals surface area contributed by atoms with Crippen molar-refractivity contribution in [3.63, 3.8) is 0 Å². The largest absolute Gasteiger partial charge is 0.321 e. The first-order chi connectivity index (χ1) is 11.1. The first-order valence-corrected chi connectivity index (χ1v) is 9.41. The lowest BCUT2D eigenvalue weighted by atomic mass is 10.1. The van der Waals surface area contributed by atoms with E-state index in [1.54, 1.807) is 51.2 Å². The summed E-state index contributed by atoms with van der Waals surface area (Å²) in [5.41, 5.74) is -0.107. The van der Waals surface area contributed by atoms with Crippen LogP contribution >= 0.6 is 15.9 Å². The maximum atomic E-state index is 12.6. The van der Waals surface area contributed by atoms with Gasteiger partial charge in [-0.2, -0.15) is 0 Å². The number of anilines is 1. The number of rotatable bonds is 4. The van der Waals surface area contributed by atoms with Crippen LogP contribution in [0.5, 0.6) is 0 Å². The van der Waals surface area contributed by atoms with Gasteiger partial charge in [-0.3, -0.25) is 9.78 Å². The summed E-state index contributed by atoms with van der Waals surface area (Å²) in [5, 5.41) is 2.63. The Morgan fingerprint density at radius 1 is 1.17 bits per heavy atom. The predicted octanol–water partition coefficient (Wildman–Crippen LogP) is 3.17. The molecule has 24 heavy (non-hydrogen) atoms. The lowest BCUT2D eigenvalue weighted by molar-refractivity contribution is 0.102. The van der Waals surface area contributed by atoms with Gasteiger partial charge in [0.15, 0.2) is 0 Å². The minimum atomic E-state index is -3.77. The van der Waals surface area contributed by atoms with Crippen molar-refractivity contribution < 1.29 is 13.2 Å². The molecule has 0 bridgehead atoms. The molecular weight excluding hydrogens is 394 g/mol. The van der Waals surface area contributed by atoms with E-state index in [-0.39, 0.29) is 10.6 Å². The summed E-state index contributed by atoms with van der Waals surface area (Å²) >= 11 is 3.25. The molecule has 0 radical (unpaired) electrons. The zero-order chi connectivity index (χ0) is 18.0. The van der Waals surface area contributed by atoms with Crippen LogP contribution in [0.1, 0.15) is 31.1 Å².